The molecule has 0 aromatic carbocycles. The molecule has 0 heteroatoms. The van der Waals surface area contributed by atoms with Crippen molar-refractivity contribution in [3.05, 3.63) is 22.8 Å². The maximum atomic E-state index is 2.56. The number of fused-ring (bicyclic) bond motifs is 1. The van der Waals surface area contributed by atoms with Crippen molar-refractivity contribution in [3.63, 3.8) is 0 Å². The van der Waals surface area contributed by atoms with Crippen LogP contribution in [0.25, 0.3) is 0 Å². The Bertz CT molecular complexity index is 304. The fourth-order valence-electron chi connectivity index (χ4n) is 3.34. The summed E-state index contributed by atoms with van der Waals surface area (Å²) >= 11 is 0. The fourth-order valence-corrected chi connectivity index (χ4v) is 3.34. The smallest absolute Gasteiger partial charge is 0.00128 e. The van der Waals surface area contributed by atoms with Crippen molar-refractivity contribution in [1.29, 1.82) is 0 Å². The van der Waals surface area contributed by atoms with Gasteiger partial charge in [0, 0.05) is 5.92 Å². The summed E-state index contributed by atoms with van der Waals surface area (Å²) in [5.41, 5.74) is 5.09. The quantitative estimate of drug-likeness (QED) is 0.542. The molecular formula is C15H24. The Labute approximate surface area is 94.5 Å². The summed E-state index contributed by atoms with van der Waals surface area (Å²) in [7, 11) is 0. The molecule has 0 heterocycles. The molecule has 2 aliphatic carbocycles. The van der Waals surface area contributed by atoms with Crippen molar-refractivity contribution in [2.45, 2.75) is 53.4 Å². The van der Waals surface area contributed by atoms with Crippen molar-refractivity contribution in [1.82, 2.24) is 0 Å². The number of rotatable bonds is 1. The van der Waals surface area contributed by atoms with Gasteiger partial charge < -0.3 is 0 Å². The lowest BCUT2D eigenvalue weighted by atomic mass is 9.67. The number of hydrogen-bond donors (Lipinski definition) is 0. The second-order valence-corrected chi connectivity index (χ2v) is 5.79. The number of allylic oxidation sites excluding steroid dienone is 4. The summed E-state index contributed by atoms with van der Waals surface area (Å²) < 4.78 is 0. The maximum Gasteiger partial charge on any atom is 0.00128 e. The Balaban J connectivity index is 2.33. The zero-order chi connectivity index (χ0) is 11.0. The minimum absolute atomic E-state index is 0.785. The molecule has 0 aromatic rings. The standard InChI is InChI=1S/C15H24/c1-10(2)13-8-6-12(4)14-7-5-11(3)9-15(13)14/h9-10,13,15H,5-8H2,1-4H3/t13-,15+/m0/s1. The van der Waals surface area contributed by atoms with E-state index in [1.807, 2.05) is 0 Å². The third-order valence-electron chi connectivity index (χ3n) is 4.37. The highest BCUT2D eigenvalue weighted by atomic mass is 14.4. The monoisotopic (exact) mass is 204 g/mol. The molecule has 0 saturated heterocycles. The predicted octanol–water partition coefficient (Wildman–Crippen LogP) is 4.73. The van der Waals surface area contributed by atoms with Crippen LogP contribution in [0.3, 0.4) is 0 Å². The van der Waals surface area contributed by atoms with Crippen LogP contribution in [0.2, 0.25) is 0 Å². The molecule has 84 valence electrons. The van der Waals surface area contributed by atoms with Crippen molar-refractivity contribution in [2.75, 3.05) is 0 Å². The molecule has 0 bridgehead atoms. The largest absolute Gasteiger partial charge is 0.0781 e. The highest BCUT2D eigenvalue weighted by molar-refractivity contribution is 5.30. The minimum atomic E-state index is 0.785. The van der Waals surface area contributed by atoms with E-state index in [2.05, 4.69) is 33.8 Å². The van der Waals surface area contributed by atoms with E-state index in [1.54, 1.807) is 16.7 Å². The lowest BCUT2D eigenvalue weighted by Gasteiger charge is -2.38. The number of hydrogen-bond acceptors (Lipinski definition) is 0. The van der Waals surface area contributed by atoms with Crippen LogP contribution >= 0.6 is 0 Å². The van der Waals surface area contributed by atoms with Crippen LogP contribution in [-0.4, -0.2) is 0 Å². The van der Waals surface area contributed by atoms with Crippen LogP contribution in [0.15, 0.2) is 22.8 Å². The van der Waals surface area contributed by atoms with Gasteiger partial charge in [-0.05, 0) is 51.4 Å². The van der Waals surface area contributed by atoms with Gasteiger partial charge in [0.05, 0.1) is 0 Å². The Kier molecular flexibility index (Phi) is 3.04. The molecule has 0 amide bonds. The molecule has 15 heavy (non-hydrogen) atoms. The van der Waals surface area contributed by atoms with E-state index < -0.39 is 0 Å². The first kappa shape index (κ1) is 11.0. The van der Waals surface area contributed by atoms with Gasteiger partial charge >= 0.3 is 0 Å². The van der Waals surface area contributed by atoms with Crippen LogP contribution in [0.5, 0.6) is 0 Å². The molecule has 0 saturated carbocycles. The lowest BCUT2D eigenvalue weighted by molar-refractivity contribution is 0.277. The topological polar surface area (TPSA) is 0 Å². The Morgan fingerprint density at radius 3 is 2.53 bits per heavy atom. The van der Waals surface area contributed by atoms with E-state index in [-0.39, 0.29) is 0 Å². The van der Waals surface area contributed by atoms with Gasteiger partial charge in [0.2, 0.25) is 0 Å². The molecule has 0 spiro atoms. The predicted molar refractivity (Wildman–Crippen MR) is 66.7 cm³/mol. The van der Waals surface area contributed by atoms with E-state index in [0.29, 0.717) is 0 Å². The van der Waals surface area contributed by atoms with E-state index in [0.717, 1.165) is 17.8 Å². The van der Waals surface area contributed by atoms with E-state index in [1.165, 1.54) is 25.7 Å². The molecule has 0 aromatic heterocycles. The van der Waals surface area contributed by atoms with Gasteiger partial charge in [-0.2, -0.15) is 0 Å². The van der Waals surface area contributed by atoms with E-state index in [9.17, 15) is 0 Å². The Hall–Kier alpha value is -0.520. The third-order valence-corrected chi connectivity index (χ3v) is 4.37. The summed E-state index contributed by atoms with van der Waals surface area (Å²) in [4.78, 5) is 0. The average Bonchev–Trinajstić information content (AvgIpc) is 2.17. The zero-order valence-corrected chi connectivity index (χ0v) is 10.6. The minimum Gasteiger partial charge on any atom is -0.0781 e. The first-order valence-corrected chi connectivity index (χ1v) is 6.45. The Morgan fingerprint density at radius 2 is 1.87 bits per heavy atom. The molecule has 2 aliphatic rings. The van der Waals surface area contributed by atoms with Crippen molar-refractivity contribution in [2.24, 2.45) is 17.8 Å². The maximum absolute atomic E-state index is 2.56. The van der Waals surface area contributed by atoms with Gasteiger partial charge in [-0.25, -0.2) is 0 Å². The molecular weight excluding hydrogens is 180 g/mol. The lowest BCUT2D eigenvalue weighted by Crippen LogP contribution is -2.27. The van der Waals surface area contributed by atoms with Crippen molar-refractivity contribution < 1.29 is 0 Å². The molecule has 0 nitrogen and oxygen atoms in total. The molecule has 0 fully saturated rings. The summed E-state index contributed by atoms with van der Waals surface area (Å²) in [6.45, 7) is 9.44. The third kappa shape index (κ3) is 2.04. The van der Waals surface area contributed by atoms with Gasteiger partial charge in [0.1, 0.15) is 0 Å². The molecule has 0 radical (unpaired) electrons. The van der Waals surface area contributed by atoms with E-state index >= 15 is 0 Å². The summed E-state index contributed by atoms with van der Waals surface area (Å²) in [5.74, 6) is 2.52. The second kappa shape index (κ2) is 4.15. The van der Waals surface area contributed by atoms with Crippen molar-refractivity contribution in [3.8, 4) is 0 Å². The van der Waals surface area contributed by atoms with Crippen LogP contribution in [0, 0.1) is 17.8 Å². The fraction of sp³-hybridized carbons (Fsp3) is 0.733. The molecule has 0 N–H and O–H groups in total. The van der Waals surface area contributed by atoms with Crippen LogP contribution < -0.4 is 0 Å². The van der Waals surface area contributed by atoms with Crippen LogP contribution in [0.1, 0.15) is 53.4 Å². The molecule has 0 unspecified atom stereocenters. The molecule has 2 atom stereocenters. The Morgan fingerprint density at radius 1 is 1.13 bits per heavy atom. The first-order chi connectivity index (χ1) is 7.09. The normalized spacial score (nSPS) is 31.7. The summed E-state index contributed by atoms with van der Waals surface area (Å²) in [5, 5.41) is 0. The van der Waals surface area contributed by atoms with Gasteiger partial charge in [-0.3, -0.25) is 0 Å². The van der Waals surface area contributed by atoms with Crippen LogP contribution in [0.4, 0.5) is 0 Å². The van der Waals surface area contributed by atoms with E-state index in [4.69, 9.17) is 0 Å². The molecule has 2 rings (SSSR count). The average molecular weight is 204 g/mol. The van der Waals surface area contributed by atoms with Gasteiger partial charge in [-0.1, -0.05) is 36.6 Å². The first-order valence-electron chi connectivity index (χ1n) is 6.45. The zero-order valence-electron chi connectivity index (χ0n) is 10.6. The van der Waals surface area contributed by atoms with Gasteiger partial charge in [0.15, 0.2) is 0 Å². The SMILES string of the molecule is CC1=C[C@H]2C(=C(C)CC[C@H]2C(C)C)CC1. The molecule has 0 aliphatic heterocycles. The summed E-state index contributed by atoms with van der Waals surface area (Å²) in [6, 6.07) is 0. The van der Waals surface area contributed by atoms with Gasteiger partial charge in [0.25, 0.3) is 0 Å². The van der Waals surface area contributed by atoms with Crippen LogP contribution in [-0.2, 0) is 0 Å². The summed E-state index contributed by atoms with van der Waals surface area (Å²) in [6.07, 6.45) is 7.95. The van der Waals surface area contributed by atoms with Gasteiger partial charge in [-0.15, -0.1) is 0 Å². The highest BCUT2D eigenvalue weighted by Crippen LogP contribution is 2.44. The van der Waals surface area contributed by atoms with Crippen molar-refractivity contribution >= 4 is 0 Å². The second-order valence-electron chi connectivity index (χ2n) is 5.79. The highest BCUT2D eigenvalue weighted by Gasteiger charge is 2.32.